The molecule has 1 unspecified atom stereocenters. The number of thiophene rings is 1. The van der Waals surface area contributed by atoms with Gasteiger partial charge < -0.3 is 5.32 Å². The summed E-state index contributed by atoms with van der Waals surface area (Å²) in [6.45, 7) is 6.15. The number of carbonyl (C=O) groups is 1. The van der Waals surface area contributed by atoms with Crippen LogP contribution in [-0.2, 0) is 0 Å². The molecule has 1 aromatic rings. The molecule has 2 heterocycles. The minimum atomic E-state index is -0.135. The second kappa shape index (κ2) is 5.32. The van der Waals surface area contributed by atoms with Gasteiger partial charge in [-0.15, -0.1) is 11.3 Å². The van der Waals surface area contributed by atoms with E-state index in [4.69, 9.17) is 0 Å². The zero-order valence-electron chi connectivity index (χ0n) is 10.7. The van der Waals surface area contributed by atoms with E-state index in [1.165, 1.54) is 4.88 Å². The summed E-state index contributed by atoms with van der Waals surface area (Å²) in [5, 5.41) is 3.40. The first kappa shape index (κ1) is 12.8. The summed E-state index contributed by atoms with van der Waals surface area (Å²) in [6, 6.07) is 4.04. The van der Waals surface area contributed by atoms with Crippen LogP contribution in [0.4, 0.5) is 0 Å². The summed E-state index contributed by atoms with van der Waals surface area (Å²) in [4.78, 5) is 14.9. The lowest BCUT2D eigenvalue weighted by Gasteiger charge is -2.35. The predicted octanol–water partition coefficient (Wildman–Crippen LogP) is 3.41. The van der Waals surface area contributed by atoms with Crippen molar-refractivity contribution in [2.75, 3.05) is 13.1 Å². The van der Waals surface area contributed by atoms with Crippen molar-refractivity contribution in [3.63, 3.8) is 0 Å². The molecule has 1 N–H and O–H groups in total. The third kappa shape index (κ3) is 2.61. The van der Waals surface area contributed by atoms with E-state index in [-0.39, 0.29) is 5.41 Å². The van der Waals surface area contributed by atoms with Gasteiger partial charge >= 0.3 is 0 Å². The Morgan fingerprint density at radius 1 is 1.53 bits per heavy atom. The molecule has 17 heavy (non-hydrogen) atoms. The molecule has 1 aliphatic heterocycles. The van der Waals surface area contributed by atoms with Gasteiger partial charge in [0.2, 0.25) is 0 Å². The summed E-state index contributed by atoms with van der Waals surface area (Å²) in [7, 11) is 0. The van der Waals surface area contributed by atoms with Gasteiger partial charge in [0, 0.05) is 16.8 Å². The summed E-state index contributed by atoms with van der Waals surface area (Å²) >= 11 is 1.64. The van der Waals surface area contributed by atoms with Crippen LogP contribution in [0, 0.1) is 12.3 Å². The highest BCUT2D eigenvalue weighted by Crippen LogP contribution is 2.36. The zero-order chi connectivity index (χ0) is 12.3. The van der Waals surface area contributed by atoms with Crippen LogP contribution in [0.5, 0.6) is 0 Å². The van der Waals surface area contributed by atoms with Gasteiger partial charge in [-0.1, -0.05) is 13.3 Å². The SMILES string of the molecule is CCCC1(C(=O)c2ccc(C)s2)CCCNC1. The second-order valence-electron chi connectivity index (χ2n) is 5.05. The van der Waals surface area contributed by atoms with Crippen LogP contribution in [0.15, 0.2) is 12.1 Å². The third-order valence-corrected chi connectivity index (χ3v) is 4.65. The molecule has 2 rings (SSSR count). The van der Waals surface area contributed by atoms with E-state index in [0.29, 0.717) is 5.78 Å². The second-order valence-corrected chi connectivity index (χ2v) is 6.34. The molecule has 1 aromatic heterocycles. The Labute approximate surface area is 107 Å². The van der Waals surface area contributed by atoms with Gasteiger partial charge in [0.1, 0.15) is 0 Å². The first-order valence-electron chi connectivity index (χ1n) is 6.50. The van der Waals surface area contributed by atoms with Crippen LogP contribution in [-0.4, -0.2) is 18.9 Å². The average Bonchev–Trinajstić information content (AvgIpc) is 2.76. The first-order valence-corrected chi connectivity index (χ1v) is 7.31. The van der Waals surface area contributed by atoms with Crippen molar-refractivity contribution in [3.8, 4) is 0 Å². The van der Waals surface area contributed by atoms with Gasteiger partial charge in [0.25, 0.3) is 0 Å². The fourth-order valence-corrected chi connectivity index (χ4v) is 3.71. The minimum absolute atomic E-state index is 0.135. The Hall–Kier alpha value is -0.670. The zero-order valence-corrected chi connectivity index (χ0v) is 11.5. The van der Waals surface area contributed by atoms with Crippen molar-refractivity contribution in [3.05, 3.63) is 21.9 Å². The number of piperidine rings is 1. The quantitative estimate of drug-likeness (QED) is 0.831. The Morgan fingerprint density at radius 3 is 2.88 bits per heavy atom. The molecule has 1 aliphatic rings. The van der Waals surface area contributed by atoms with Gasteiger partial charge in [0.15, 0.2) is 5.78 Å². The number of rotatable bonds is 4. The number of carbonyl (C=O) groups excluding carboxylic acids is 1. The topological polar surface area (TPSA) is 29.1 Å². The molecule has 1 fully saturated rings. The van der Waals surface area contributed by atoms with Crippen molar-refractivity contribution < 1.29 is 4.79 Å². The van der Waals surface area contributed by atoms with Crippen molar-refractivity contribution in [1.82, 2.24) is 5.32 Å². The number of hydrogen-bond donors (Lipinski definition) is 1. The smallest absolute Gasteiger partial charge is 0.180 e. The van der Waals surface area contributed by atoms with Gasteiger partial charge in [-0.25, -0.2) is 0 Å². The lowest BCUT2D eigenvalue weighted by Crippen LogP contribution is -2.45. The van der Waals surface area contributed by atoms with Crippen LogP contribution in [0.1, 0.15) is 47.2 Å². The molecule has 0 radical (unpaired) electrons. The maximum absolute atomic E-state index is 12.7. The molecule has 1 atom stereocenters. The Bertz CT molecular complexity index is 385. The van der Waals surface area contributed by atoms with E-state index in [2.05, 4.69) is 19.2 Å². The van der Waals surface area contributed by atoms with E-state index in [1.807, 2.05) is 12.1 Å². The standard InChI is InChI=1S/C14H21NOS/c1-3-7-14(8-4-9-15-10-14)13(16)12-6-5-11(2)17-12/h5-6,15H,3-4,7-10H2,1-2H3. The molecule has 1 saturated heterocycles. The Balaban J connectivity index is 2.23. The summed E-state index contributed by atoms with van der Waals surface area (Å²) < 4.78 is 0. The molecule has 0 saturated carbocycles. The highest BCUT2D eigenvalue weighted by Gasteiger charge is 2.39. The molecule has 3 heteroatoms. The lowest BCUT2D eigenvalue weighted by atomic mass is 9.73. The van der Waals surface area contributed by atoms with Gasteiger partial charge in [-0.05, 0) is 44.9 Å². The van der Waals surface area contributed by atoms with Crippen molar-refractivity contribution >= 4 is 17.1 Å². The number of Topliss-reactive ketones (excluding diaryl/α,β-unsaturated/α-hetero) is 1. The number of nitrogens with one attached hydrogen (secondary N) is 1. The summed E-state index contributed by atoms with van der Waals surface area (Å²) in [6.07, 6.45) is 4.26. The van der Waals surface area contributed by atoms with E-state index in [1.54, 1.807) is 11.3 Å². The number of aryl methyl sites for hydroxylation is 1. The van der Waals surface area contributed by atoms with E-state index in [0.717, 1.165) is 43.6 Å². The third-order valence-electron chi connectivity index (χ3n) is 3.65. The highest BCUT2D eigenvalue weighted by molar-refractivity contribution is 7.14. The van der Waals surface area contributed by atoms with Crippen LogP contribution < -0.4 is 5.32 Å². The summed E-state index contributed by atoms with van der Waals surface area (Å²) in [5.74, 6) is 0.365. The molecule has 0 aromatic carbocycles. The van der Waals surface area contributed by atoms with Crippen molar-refractivity contribution in [2.45, 2.75) is 39.5 Å². The monoisotopic (exact) mass is 251 g/mol. The van der Waals surface area contributed by atoms with E-state index >= 15 is 0 Å². The fourth-order valence-electron chi connectivity index (χ4n) is 2.79. The van der Waals surface area contributed by atoms with Crippen molar-refractivity contribution in [2.24, 2.45) is 5.41 Å². The summed E-state index contributed by atoms with van der Waals surface area (Å²) in [5.41, 5.74) is -0.135. The van der Waals surface area contributed by atoms with Crippen molar-refractivity contribution in [1.29, 1.82) is 0 Å². The highest BCUT2D eigenvalue weighted by atomic mass is 32.1. The van der Waals surface area contributed by atoms with E-state index in [9.17, 15) is 4.79 Å². The van der Waals surface area contributed by atoms with Gasteiger partial charge in [-0.3, -0.25) is 4.79 Å². The number of hydrogen-bond acceptors (Lipinski definition) is 3. The molecular weight excluding hydrogens is 230 g/mol. The Morgan fingerprint density at radius 2 is 2.35 bits per heavy atom. The number of ketones is 1. The molecule has 0 spiro atoms. The lowest BCUT2D eigenvalue weighted by molar-refractivity contribution is 0.0723. The maximum Gasteiger partial charge on any atom is 0.180 e. The maximum atomic E-state index is 12.7. The van der Waals surface area contributed by atoms with Crippen LogP contribution in [0.25, 0.3) is 0 Å². The van der Waals surface area contributed by atoms with E-state index < -0.39 is 0 Å². The Kier molecular flexibility index (Phi) is 4.00. The molecule has 94 valence electrons. The first-order chi connectivity index (χ1) is 8.18. The largest absolute Gasteiger partial charge is 0.316 e. The van der Waals surface area contributed by atoms with Crippen LogP contribution in [0.2, 0.25) is 0 Å². The minimum Gasteiger partial charge on any atom is -0.316 e. The predicted molar refractivity (Wildman–Crippen MR) is 72.8 cm³/mol. The molecule has 0 bridgehead atoms. The van der Waals surface area contributed by atoms with Gasteiger partial charge in [0.05, 0.1) is 4.88 Å². The molecule has 2 nitrogen and oxygen atoms in total. The van der Waals surface area contributed by atoms with Crippen LogP contribution in [0.3, 0.4) is 0 Å². The van der Waals surface area contributed by atoms with Crippen LogP contribution >= 0.6 is 11.3 Å². The fraction of sp³-hybridized carbons (Fsp3) is 0.643. The van der Waals surface area contributed by atoms with Gasteiger partial charge in [-0.2, -0.15) is 0 Å². The average molecular weight is 251 g/mol. The normalized spacial score (nSPS) is 24.8. The molecule has 0 amide bonds. The molecular formula is C14H21NOS. The molecule has 0 aliphatic carbocycles.